The lowest BCUT2D eigenvalue weighted by molar-refractivity contribution is 0.381. The second kappa shape index (κ2) is 5.23. The second-order valence-electron chi connectivity index (χ2n) is 5.18. The molecule has 2 aromatic heterocycles. The Kier molecular flexibility index (Phi) is 3.54. The molecule has 1 saturated heterocycles. The van der Waals surface area contributed by atoms with Crippen molar-refractivity contribution in [1.82, 2.24) is 14.4 Å². The molecule has 0 saturated carbocycles. The molecule has 1 aliphatic rings. The molecule has 0 unspecified atom stereocenters. The highest BCUT2D eigenvalue weighted by molar-refractivity contribution is 7.89. The highest BCUT2D eigenvalue weighted by atomic mass is 32.2. The van der Waals surface area contributed by atoms with E-state index in [1.807, 2.05) is 18.2 Å². The van der Waals surface area contributed by atoms with E-state index in [1.165, 1.54) is 4.31 Å². The van der Waals surface area contributed by atoms with Gasteiger partial charge in [0.05, 0.1) is 11.7 Å². The van der Waals surface area contributed by atoms with Crippen molar-refractivity contribution in [3.8, 4) is 0 Å². The lowest BCUT2D eigenvalue weighted by Crippen LogP contribution is -2.31. The standard InChI is InChI=1S/C14H17N3O3S/c1-10-14(11(2)20-16-10)21(18,19)17-9-5-7-13(17)12-6-3-4-8-15-12/h3-4,6,8,13H,5,7,9H2,1-2H3/t13-/m0/s1. The van der Waals surface area contributed by atoms with Gasteiger partial charge in [0.25, 0.3) is 0 Å². The summed E-state index contributed by atoms with van der Waals surface area (Å²) in [6.07, 6.45) is 3.29. The maximum Gasteiger partial charge on any atom is 0.249 e. The first-order valence-corrected chi connectivity index (χ1v) is 8.31. The molecule has 1 atom stereocenters. The van der Waals surface area contributed by atoms with Gasteiger partial charge in [0.1, 0.15) is 10.6 Å². The molecular formula is C14H17N3O3S. The van der Waals surface area contributed by atoms with E-state index in [-0.39, 0.29) is 10.9 Å². The summed E-state index contributed by atoms with van der Waals surface area (Å²) in [7, 11) is -3.62. The van der Waals surface area contributed by atoms with Crippen molar-refractivity contribution < 1.29 is 12.9 Å². The number of aromatic nitrogens is 2. The maximum atomic E-state index is 12.9. The van der Waals surface area contributed by atoms with Crippen molar-refractivity contribution in [2.45, 2.75) is 37.6 Å². The summed E-state index contributed by atoms with van der Waals surface area (Å²) < 4.78 is 32.4. The second-order valence-corrected chi connectivity index (χ2v) is 7.01. The Morgan fingerprint density at radius 1 is 1.33 bits per heavy atom. The first kappa shape index (κ1) is 14.2. The molecule has 0 radical (unpaired) electrons. The van der Waals surface area contributed by atoms with Crippen LogP contribution in [0.2, 0.25) is 0 Å². The van der Waals surface area contributed by atoms with Crippen LogP contribution in [0.15, 0.2) is 33.8 Å². The van der Waals surface area contributed by atoms with Gasteiger partial charge in [-0.15, -0.1) is 0 Å². The number of rotatable bonds is 3. The van der Waals surface area contributed by atoms with Crippen molar-refractivity contribution >= 4 is 10.0 Å². The molecule has 2 aromatic rings. The Balaban J connectivity index is 2.03. The minimum Gasteiger partial charge on any atom is -0.360 e. The van der Waals surface area contributed by atoms with Gasteiger partial charge in [-0.05, 0) is 38.8 Å². The van der Waals surface area contributed by atoms with Crippen LogP contribution in [-0.4, -0.2) is 29.4 Å². The maximum absolute atomic E-state index is 12.9. The summed E-state index contributed by atoms with van der Waals surface area (Å²) in [6, 6.07) is 5.35. The van der Waals surface area contributed by atoms with E-state index >= 15 is 0 Å². The highest BCUT2D eigenvalue weighted by Crippen LogP contribution is 2.37. The molecule has 1 fully saturated rings. The van der Waals surface area contributed by atoms with Crippen molar-refractivity contribution in [2.75, 3.05) is 6.54 Å². The summed E-state index contributed by atoms with van der Waals surface area (Å²) in [5.41, 5.74) is 1.18. The van der Waals surface area contributed by atoms with Crippen LogP contribution in [0.1, 0.15) is 36.0 Å². The summed E-state index contributed by atoms with van der Waals surface area (Å²) in [5, 5.41) is 3.76. The fourth-order valence-electron chi connectivity index (χ4n) is 2.86. The summed E-state index contributed by atoms with van der Waals surface area (Å²) in [4.78, 5) is 4.49. The van der Waals surface area contributed by atoms with Crippen LogP contribution in [0.25, 0.3) is 0 Å². The Hall–Kier alpha value is -1.73. The zero-order chi connectivity index (χ0) is 15.0. The molecular weight excluding hydrogens is 290 g/mol. The van der Waals surface area contributed by atoms with E-state index in [9.17, 15) is 8.42 Å². The molecule has 0 spiro atoms. The van der Waals surface area contributed by atoms with Crippen molar-refractivity contribution in [1.29, 1.82) is 0 Å². The Labute approximate surface area is 123 Å². The van der Waals surface area contributed by atoms with E-state index in [2.05, 4.69) is 10.1 Å². The van der Waals surface area contributed by atoms with Gasteiger partial charge in [0.15, 0.2) is 5.76 Å². The number of sulfonamides is 1. The minimum atomic E-state index is -3.62. The number of aryl methyl sites for hydroxylation is 2. The van der Waals surface area contributed by atoms with Gasteiger partial charge >= 0.3 is 0 Å². The van der Waals surface area contributed by atoms with Crippen molar-refractivity contribution in [3.63, 3.8) is 0 Å². The fourth-order valence-corrected chi connectivity index (χ4v) is 4.82. The van der Waals surface area contributed by atoms with Crippen molar-refractivity contribution in [2.24, 2.45) is 0 Å². The average Bonchev–Trinajstić information content (AvgIpc) is 3.07. The molecule has 0 N–H and O–H groups in total. The lowest BCUT2D eigenvalue weighted by Gasteiger charge is -2.23. The largest absolute Gasteiger partial charge is 0.360 e. The Morgan fingerprint density at radius 2 is 2.14 bits per heavy atom. The Morgan fingerprint density at radius 3 is 2.76 bits per heavy atom. The van der Waals surface area contributed by atoms with Gasteiger partial charge in [-0.25, -0.2) is 8.42 Å². The molecule has 0 bridgehead atoms. The predicted molar refractivity (Wildman–Crippen MR) is 76.1 cm³/mol. The summed E-state index contributed by atoms with van der Waals surface area (Å²) in [6.45, 7) is 3.77. The molecule has 3 heterocycles. The lowest BCUT2D eigenvalue weighted by atomic mass is 10.1. The van der Waals surface area contributed by atoms with Gasteiger partial charge in [-0.3, -0.25) is 4.98 Å². The Bertz CT molecular complexity index is 721. The van der Waals surface area contributed by atoms with Gasteiger partial charge in [0.2, 0.25) is 10.0 Å². The first-order valence-electron chi connectivity index (χ1n) is 6.87. The third-order valence-corrected chi connectivity index (χ3v) is 5.92. The number of hydrogen-bond donors (Lipinski definition) is 0. The van der Waals surface area contributed by atoms with Crippen LogP contribution < -0.4 is 0 Å². The van der Waals surface area contributed by atoms with E-state index in [0.29, 0.717) is 18.0 Å². The number of pyridine rings is 1. The fraction of sp³-hybridized carbons (Fsp3) is 0.429. The van der Waals surface area contributed by atoms with E-state index in [0.717, 1.165) is 18.5 Å². The van der Waals surface area contributed by atoms with Crippen LogP contribution in [0.4, 0.5) is 0 Å². The molecule has 6 nitrogen and oxygen atoms in total. The number of hydrogen-bond acceptors (Lipinski definition) is 5. The average molecular weight is 307 g/mol. The zero-order valence-corrected chi connectivity index (χ0v) is 12.8. The molecule has 0 aromatic carbocycles. The van der Waals surface area contributed by atoms with Crippen LogP contribution in [0, 0.1) is 13.8 Å². The summed E-state index contributed by atoms with van der Waals surface area (Å²) >= 11 is 0. The minimum absolute atomic E-state index is 0.185. The van der Waals surface area contributed by atoms with E-state index < -0.39 is 10.0 Å². The van der Waals surface area contributed by atoms with Crippen LogP contribution >= 0.6 is 0 Å². The zero-order valence-electron chi connectivity index (χ0n) is 12.0. The van der Waals surface area contributed by atoms with Gasteiger partial charge < -0.3 is 4.52 Å². The molecule has 1 aliphatic heterocycles. The van der Waals surface area contributed by atoms with Gasteiger partial charge in [-0.2, -0.15) is 4.31 Å². The normalized spacial score (nSPS) is 20.0. The number of nitrogens with zero attached hydrogens (tertiary/aromatic N) is 3. The van der Waals surface area contributed by atoms with E-state index in [1.54, 1.807) is 20.0 Å². The molecule has 0 amide bonds. The smallest absolute Gasteiger partial charge is 0.249 e. The molecule has 3 rings (SSSR count). The topological polar surface area (TPSA) is 76.3 Å². The molecule has 7 heteroatoms. The summed E-state index contributed by atoms with van der Waals surface area (Å²) in [5.74, 6) is 0.333. The molecule has 0 aliphatic carbocycles. The van der Waals surface area contributed by atoms with E-state index in [4.69, 9.17) is 4.52 Å². The van der Waals surface area contributed by atoms with Gasteiger partial charge in [-0.1, -0.05) is 11.2 Å². The van der Waals surface area contributed by atoms with Crippen LogP contribution in [-0.2, 0) is 10.0 Å². The SMILES string of the molecule is Cc1noc(C)c1S(=O)(=O)N1CCC[C@H]1c1ccccn1. The van der Waals surface area contributed by atoms with Gasteiger partial charge in [0, 0.05) is 12.7 Å². The van der Waals surface area contributed by atoms with Crippen LogP contribution in [0.3, 0.4) is 0 Å². The third-order valence-electron chi connectivity index (χ3n) is 3.77. The molecule has 112 valence electrons. The monoisotopic (exact) mass is 307 g/mol. The first-order chi connectivity index (χ1) is 10.0. The molecule has 21 heavy (non-hydrogen) atoms. The van der Waals surface area contributed by atoms with Crippen molar-refractivity contribution in [3.05, 3.63) is 41.5 Å². The third kappa shape index (κ3) is 2.36. The predicted octanol–water partition coefficient (Wildman–Crippen LogP) is 2.21. The highest BCUT2D eigenvalue weighted by Gasteiger charge is 2.39. The van der Waals surface area contributed by atoms with Crippen LogP contribution in [0.5, 0.6) is 0 Å². The quantitative estimate of drug-likeness (QED) is 0.869.